The van der Waals surface area contributed by atoms with E-state index in [1.54, 1.807) is 0 Å². The third-order valence-corrected chi connectivity index (χ3v) is 9.12. The second-order valence-corrected chi connectivity index (χ2v) is 12.3. The zero-order valence-corrected chi connectivity index (χ0v) is 28.9. The van der Waals surface area contributed by atoms with Crippen molar-refractivity contribution in [2.45, 2.75) is 6.92 Å². The maximum atomic E-state index is 3.95. The van der Waals surface area contributed by atoms with E-state index in [0.717, 1.165) is 61.9 Å². The lowest BCUT2D eigenvalue weighted by molar-refractivity contribution is 1.27. The zero-order valence-electron chi connectivity index (χ0n) is 28.9. The van der Waals surface area contributed by atoms with Crippen LogP contribution in [-0.2, 0) is 0 Å². The number of hydrogen-bond donors (Lipinski definition) is 0. The molecule has 0 aliphatic carbocycles. The fourth-order valence-corrected chi connectivity index (χ4v) is 6.49. The normalized spacial score (nSPS) is 11.2. The highest BCUT2D eigenvalue weighted by molar-refractivity contribution is 5.99. The van der Waals surface area contributed by atoms with Gasteiger partial charge < -0.3 is 9.80 Å². The lowest BCUT2D eigenvalue weighted by Gasteiger charge is -2.28. The molecule has 0 heterocycles. The topological polar surface area (TPSA) is 6.48 Å². The van der Waals surface area contributed by atoms with Crippen LogP contribution in [0.2, 0.25) is 0 Å². The Hall–Kier alpha value is -6.64. The van der Waals surface area contributed by atoms with Crippen LogP contribution in [0.25, 0.3) is 40.1 Å². The van der Waals surface area contributed by atoms with Crippen molar-refractivity contribution in [3.8, 4) is 11.1 Å². The molecule has 0 aliphatic rings. The van der Waals surface area contributed by atoms with Gasteiger partial charge in [-0.1, -0.05) is 153 Å². The summed E-state index contributed by atoms with van der Waals surface area (Å²) >= 11 is 0. The third kappa shape index (κ3) is 7.08. The predicted octanol–water partition coefficient (Wildman–Crippen LogP) is 14.3. The molecule has 0 spiro atoms. The van der Waals surface area contributed by atoms with Crippen LogP contribution in [0, 0.1) is 0 Å². The van der Waals surface area contributed by atoms with Gasteiger partial charge in [-0.25, -0.2) is 0 Å². The summed E-state index contributed by atoms with van der Waals surface area (Å²) in [6.07, 6.45) is 12.1. The molecule has 0 aliphatic heterocycles. The number of para-hydroxylation sites is 1. The molecule has 0 N–H and O–H groups in total. The zero-order chi connectivity index (χ0) is 35.0. The molecule has 246 valence electrons. The van der Waals surface area contributed by atoms with E-state index in [1.807, 2.05) is 25.2 Å². The number of benzene rings is 7. The minimum atomic E-state index is 1.08. The van der Waals surface area contributed by atoms with Crippen LogP contribution < -0.4 is 9.80 Å². The maximum absolute atomic E-state index is 3.95. The van der Waals surface area contributed by atoms with Gasteiger partial charge in [-0.2, -0.15) is 0 Å². The first-order chi connectivity index (χ1) is 25.2. The number of nitrogens with zero attached hydrogens (tertiary/aromatic N) is 2. The monoisotopic (exact) mass is 656 g/mol. The second-order valence-electron chi connectivity index (χ2n) is 12.3. The van der Waals surface area contributed by atoms with Crippen molar-refractivity contribution in [1.29, 1.82) is 0 Å². The fourth-order valence-electron chi connectivity index (χ4n) is 6.49. The van der Waals surface area contributed by atoms with Gasteiger partial charge in [-0.05, 0) is 101 Å². The first kappa shape index (κ1) is 32.9. The average molecular weight is 657 g/mol. The highest BCUT2D eigenvalue weighted by Crippen LogP contribution is 2.41. The molecule has 0 saturated carbocycles. The lowest BCUT2D eigenvalue weighted by Crippen LogP contribution is -2.11. The molecule has 0 fully saturated rings. The summed E-state index contributed by atoms with van der Waals surface area (Å²) in [4.78, 5) is 4.65. The van der Waals surface area contributed by atoms with Crippen LogP contribution in [0.5, 0.6) is 0 Å². The summed E-state index contributed by atoms with van der Waals surface area (Å²) in [5.74, 6) is 0. The van der Waals surface area contributed by atoms with Crippen LogP contribution in [0.3, 0.4) is 0 Å². The lowest BCUT2D eigenvalue weighted by atomic mass is 10.0. The molecule has 0 bridgehead atoms. The molecule has 2 heteroatoms. The molecule has 0 atom stereocenters. The number of allylic oxidation sites excluding steroid dienone is 3. The van der Waals surface area contributed by atoms with Gasteiger partial charge in [0.25, 0.3) is 0 Å². The van der Waals surface area contributed by atoms with E-state index < -0.39 is 0 Å². The van der Waals surface area contributed by atoms with Crippen molar-refractivity contribution in [3.05, 3.63) is 212 Å². The van der Waals surface area contributed by atoms with Crippen LogP contribution >= 0.6 is 0 Å². The van der Waals surface area contributed by atoms with E-state index in [0.29, 0.717) is 0 Å². The van der Waals surface area contributed by atoms with Crippen molar-refractivity contribution < 1.29 is 0 Å². The van der Waals surface area contributed by atoms with Crippen LogP contribution in [0.4, 0.5) is 34.1 Å². The van der Waals surface area contributed by atoms with Gasteiger partial charge in [0.05, 0.1) is 11.4 Å². The van der Waals surface area contributed by atoms with Crippen molar-refractivity contribution in [1.82, 2.24) is 0 Å². The van der Waals surface area contributed by atoms with E-state index in [4.69, 9.17) is 0 Å². The molecular weight excluding hydrogens is 617 g/mol. The van der Waals surface area contributed by atoms with E-state index >= 15 is 0 Å². The predicted molar refractivity (Wildman–Crippen MR) is 223 cm³/mol. The largest absolute Gasteiger partial charge is 0.310 e. The van der Waals surface area contributed by atoms with Crippen LogP contribution in [-0.4, -0.2) is 0 Å². The maximum Gasteiger partial charge on any atom is 0.0540 e. The number of fused-ring (bicyclic) bond motifs is 1. The molecule has 0 radical (unpaired) electrons. The molecule has 0 unspecified atom stereocenters. The highest BCUT2D eigenvalue weighted by Gasteiger charge is 2.17. The Morgan fingerprint density at radius 2 is 0.882 bits per heavy atom. The summed E-state index contributed by atoms with van der Waals surface area (Å²) in [6.45, 7) is 9.92. The van der Waals surface area contributed by atoms with E-state index in [-0.39, 0.29) is 0 Å². The molecule has 7 aromatic rings. The summed E-state index contributed by atoms with van der Waals surface area (Å²) < 4.78 is 0. The Morgan fingerprint density at radius 3 is 1.43 bits per heavy atom. The van der Waals surface area contributed by atoms with Gasteiger partial charge in [0, 0.05) is 28.1 Å². The first-order valence-electron chi connectivity index (χ1n) is 17.3. The van der Waals surface area contributed by atoms with E-state index in [2.05, 4.69) is 205 Å². The second kappa shape index (κ2) is 15.3. The van der Waals surface area contributed by atoms with E-state index in [9.17, 15) is 0 Å². The Bertz CT molecular complexity index is 2320. The van der Waals surface area contributed by atoms with Gasteiger partial charge in [-0.3, -0.25) is 0 Å². The Morgan fingerprint density at radius 1 is 0.431 bits per heavy atom. The van der Waals surface area contributed by atoms with Crippen LogP contribution in [0.1, 0.15) is 23.6 Å². The number of rotatable bonds is 11. The first-order valence-corrected chi connectivity index (χ1v) is 17.3. The molecule has 0 amide bonds. The Kier molecular flexibility index (Phi) is 9.85. The van der Waals surface area contributed by atoms with Gasteiger partial charge >= 0.3 is 0 Å². The molecule has 7 rings (SSSR count). The smallest absolute Gasteiger partial charge is 0.0540 e. The molecule has 0 aromatic heterocycles. The minimum absolute atomic E-state index is 1.08. The molecule has 0 saturated heterocycles. The van der Waals surface area contributed by atoms with E-state index in [1.165, 1.54) is 10.8 Å². The highest BCUT2D eigenvalue weighted by atomic mass is 15.1. The summed E-state index contributed by atoms with van der Waals surface area (Å²) in [7, 11) is 0. The summed E-state index contributed by atoms with van der Waals surface area (Å²) in [5.41, 5.74) is 12.2. The van der Waals surface area contributed by atoms with Crippen molar-refractivity contribution >= 4 is 63.1 Å². The standard InChI is InChI=1S/C49H40N2/c1-4-7-8-15-42-16-10-12-19-48(42)50(43-29-21-37(5-2)22-30-43)45-33-25-39(26-34-45)40-27-35-46(36-28-40)51(44-31-23-38(6-3)24-32-44)49-20-13-17-41-14-9-11-18-47(41)49/h4-36H,2-3H2,1H3/b7-4-,15-8-. The summed E-state index contributed by atoms with van der Waals surface area (Å²) in [5, 5.41) is 2.41. The summed E-state index contributed by atoms with van der Waals surface area (Å²) in [6, 6.07) is 58.4. The SMILES string of the molecule is C=Cc1ccc(N(c2ccc(-c3ccc(N(c4ccc(C=C)cc4)c4cccc5ccccc45)cc3)cc2)c2ccccc2/C=C\C=C/C)cc1. The van der Waals surface area contributed by atoms with Crippen molar-refractivity contribution in [2.75, 3.05) is 9.80 Å². The Labute approximate surface area is 301 Å². The quantitative estimate of drug-likeness (QED) is 0.128. The van der Waals surface area contributed by atoms with Gasteiger partial charge in [0.2, 0.25) is 0 Å². The third-order valence-electron chi connectivity index (χ3n) is 9.12. The molecule has 7 aromatic carbocycles. The number of anilines is 6. The van der Waals surface area contributed by atoms with Gasteiger partial charge in [0.15, 0.2) is 0 Å². The van der Waals surface area contributed by atoms with Gasteiger partial charge in [0.1, 0.15) is 0 Å². The fraction of sp³-hybridized carbons (Fsp3) is 0.0204. The van der Waals surface area contributed by atoms with Crippen molar-refractivity contribution in [3.63, 3.8) is 0 Å². The molecular formula is C49H40N2. The average Bonchev–Trinajstić information content (AvgIpc) is 3.20. The van der Waals surface area contributed by atoms with Crippen LogP contribution in [0.15, 0.2) is 195 Å². The minimum Gasteiger partial charge on any atom is -0.310 e. The number of hydrogen-bond acceptors (Lipinski definition) is 2. The van der Waals surface area contributed by atoms with Crippen molar-refractivity contribution in [2.24, 2.45) is 0 Å². The molecule has 2 nitrogen and oxygen atoms in total. The Balaban J connectivity index is 1.25. The van der Waals surface area contributed by atoms with Gasteiger partial charge in [-0.15, -0.1) is 0 Å². The molecule has 51 heavy (non-hydrogen) atoms.